The van der Waals surface area contributed by atoms with Crippen LogP contribution >= 0.6 is 34.8 Å². The minimum atomic E-state index is -1.45. The van der Waals surface area contributed by atoms with Crippen molar-refractivity contribution in [2.45, 2.75) is 16.6 Å². The molecule has 0 saturated heterocycles. The first kappa shape index (κ1) is 10.4. The minimum absolute atomic E-state index is 0.595. The predicted molar refractivity (Wildman–Crippen MR) is 58.0 cm³/mol. The molecule has 0 bridgehead atoms. The van der Waals surface area contributed by atoms with E-state index in [1.54, 1.807) is 0 Å². The fraction of sp³-hybridized carbons (Fsp3) is 0.333. The maximum atomic E-state index is 5.72. The Bertz CT molecular complexity index is 337. The van der Waals surface area contributed by atoms with Crippen LogP contribution in [0.5, 0.6) is 5.75 Å². The van der Waals surface area contributed by atoms with Gasteiger partial charge in [0, 0.05) is 12.1 Å². The van der Waals surface area contributed by atoms with Gasteiger partial charge in [0.15, 0.2) is 6.23 Å². The maximum absolute atomic E-state index is 5.72. The summed E-state index contributed by atoms with van der Waals surface area (Å²) in [4.78, 5) is 0. The largest absolute Gasteiger partial charge is 0.470 e. The molecule has 0 amide bonds. The Labute approximate surface area is 97.1 Å². The molecule has 0 spiro atoms. The van der Waals surface area contributed by atoms with Gasteiger partial charge < -0.3 is 4.74 Å². The van der Waals surface area contributed by atoms with Crippen LogP contribution in [-0.2, 0) is 6.54 Å². The highest BCUT2D eigenvalue weighted by Crippen LogP contribution is 2.35. The van der Waals surface area contributed by atoms with Gasteiger partial charge in [-0.2, -0.15) is 0 Å². The molecular weight excluding hydrogens is 244 g/mol. The molecule has 1 aliphatic heterocycles. The second kappa shape index (κ2) is 3.78. The van der Waals surface area contributed by atoms with E-state index in [0.29, 0.717) is 6.54 Å². The van der Waals surface area contributed by atoms with Crippen molar-refractivity contribution < 1.29 is 4.74 Å². The molecule has 1 heterocycles. The molecule has 0 aromatic heterocycles. The van der Waals surface area contributed by atoms with E-state index in [9.17, 15) is 0 Å². The lowest BCUT2D eigenvalue weighted by Gasteiger charge is -2.31. The average Bonchev–Trinajstić information content (AvgIpc) is 2.16. The summed E-state index contributed by atoms with van der Waals surface area (Å²) >= 11 is 17.2. The predicted octanol–water partition coefficient (Wildman–Crippen LogP) is 2.86. The Balaban J connectivity index is 2.22. The number of halogens is 3. The summed E-state index contributed by atoms with van der Waals surface area (Å²) in [5, 5.41) is 3.00. The highest BCUT2D eigenvalue weighted by atomic mass is 35.6. The zero-order chi connectivity index (χ0) is 10.2. The van der Waals surface area contributed by atoms with E-state index in [4.69, 9.17) is 39.5 Å². The first-order valence-corrected chi connectivity index (χ1v) is 5.25. The smallest absolute Gasteiger partial charge is 0.240 e. The van der Waals surface area contributed by atoms with E-state index in [2.05, 4.69) is 5.32 Å². The van der Waals surface area contributed by atoms with Gasteiger partial charge in [0.05, 0.1) is 0 Å². The lowest BCUT2D eigenvalue weighted by molar-refractivity contribution is 0.146. The number of hydrogen-bond acceptors (Lipinski definition) is 2. The second-order valence-corrected chi connectivity index (χ2v) is 5.40. The van der Waals surface area contributed by atoms with Crippen LogP contribution in [0.2, 0.25) is 0 Å². The third-order valence-electron chi connectivity index (χ3n) is 1.99. The van der Waals surface area contributed by atoms with Crippen molar-refractivity contribution in [2.24, 2.45) is 0 Å². The summed E-state index contributed by atoms with van der Waals surface area (Å²) in [7, 11) is 0. The van der Waals surface area contributed by atoms with Crippen LogP contribution in [0.1, 0.15) is 5.56 Å². The summed E-state index contributed by atoms with van der Waals surface area (Å²) in [6, 6.07) is 7.66. The van der Waals surface area contributed by atoms with Crippen molar-refractivity contribution in [3.05, 3.63) is 29.8 Å². The summed E-state index contributed by atoms with van der Waals surface area (Å²) in [6.07, 6.45) is -0.595. The summed E-state index contributed by atoms with van der Waals surface area (Å²) in [5.41, 5.74) is 1.07. The van der Waals surface area contributed by atoms with E-state index in [0.717, 1.165) is 11.3 Å². The monoisotopic (exact) mass is 251 g/mol. The fourth-order valence-corrected chi connectivity index (χ4v) is 1.68. The SMILES string of the molecule is ClC(Cl)(Cl)C1NCc2ccccc2O1. The molecule has 1 N–H and O–H groups in total. The van der Waals surface area contributed by atoms with Crippen LogP contribution in [0.15, 0.2) is 24.3 Å². The molecule has 5 heteroatoms. The Morgan fingerprint density at radius 3 is 2.71 bits per heavy atom. The van der Waals surface area contributed by atoms with Gasteiger partial charge in [-0.25, -0.2) is 0 Å². The third kappa shape index (κ3) is 2.09. The van der Waals surface area contributed by atoms with Crippen LogP contribution in [-0.4, -0.2) is 10.0 Å². The fourth-order valence-electron chi connectivity index (χ4n) is 1.32. The molecule has 1 unspecified atom stereocenters. The molecule has 0 fully saturated rings. The third-order valence-corrected chi connectivity index (χ3v) is 2.59. The van der Waals surface area contributed by atoms with Crippen LogP contribution < -0.4 is 10.1 Å². The van der Waals surface area contributed by atoms with Gasteiger partial charge in [-0.1, -0.05) is 53.0 Å². The standard InChI is InChI=1S/C9H8Cl3NO/c10-9(11,12)8-13-5-6-3-1-2-4-7(6)14-8/h1-4,8,13H,5H2. The van der Waals surface area contributed by atoms with Crippen LogP contribution in [0, 0.1) is 0 Å². The van der Waals surface area contributed by atoms with Crippen LogP contribution in [0.4, 0.5) is 0 Å². The minimum Gasteiger partial charge on any atom is -0.470 e. The highest BCUT2D eigenvalue weighted by molar-refractivity contribution is 6.68. The molecule has 0 saturated carbocycles. The Morgan fingerprint density at radius 1 is 1.29 bits per heavy atom. The maximum Gasteiger partial charge on any atom is 0.240 e. The van der Waals surface area contributed by atoms with Crippen molar-refractivity contribution in [2.75, 3.05) is 0 Å². The summed E-state index contributed by atoms with van der Waals surface area (Å²) in [6.45, 7) is 0.648. The molecule has 1 aromatic carbocycles. The lowest BCUT2D eigenvalue weighted by Crippen LogP contribution is -2.47. The molecule has 76 valence electrons. The Kier molecular flexibility index (Phi) is 2.80. The lowest BCUT2D eigenvalue weighted by atomic mass is 10.2. The Hall–Kier alpha value is -0.150. The number of alkyl halides is 3. The normalized spacial score (nSPS) is 21.2. The van der Waals surface area contributed by atoms with Gasteiger partial charge in [-0.15, -0.1) is 0 Å². The van der Waals surface area contributed by atoms with E-state index >= 15 is 0 Å². The molecule has 0 aliphatic carbocycles. The molecule has 0 radical (unpaired) electrons. The number of hydrogen-bond donors (Lipinski definition) is 1. The van der Waals surface area contributed by atoms with Gasteiger partial charge in [0.2, 0.25) is 3.79 Å². The molecule has 1 aliphatic rings. The Morgan fingerprint density at radius 2 is 2.00 bits per heavy atom. The van der Waals surface area contributed by atoms with Gasteiger partial charge in [0.1, 0.15) is 5.75 Å². The molecule has 2 rings (SSSR count). The zero-order valence-corrected chi connectivity index (χ0v) is 9.40. The molecule has 14 heavy (non-hydrogen) atoms. The average molecular weight is 253 g/mol. The van der Waals surface area contributed by atoms with Crippen molar-refractivity contribution >= 4 is 34.8 Å². The quantitative estimate of drug-likeness (QED) is 0.717. The van der Waals surface area contributed by atoms with Crippen molar-refractivity contribution in [3.8, 4) is 5.75 Å². The second-order valence-electron chi connectivity index (χ2n) is 3.03. The van der Waals surface area contributed by atoms with E-state index < -0.39 is 10.0 Å². The topological polar surface area (TPSA) is 21.3 Å². The number of para-hydroxylation sites is 1. The molecule has 1 aromatic rings. The van der Waals surface area contributed by atoms with Crippen LogP contribution in [0.25, 0.3) is 0 Å². The van der Waals surface area contributed by atoms with Gasteiger partial charge in [0.25, 0.3) is 0 Å². The van der Waals surface area contributed by atoms with Crippen LogP contribution in [0.3, 0.4) is 0 Å². The number of benzene rings is 1. The van der Waals surface area contributed by atoms with Crippen molar-refractivity contribution in [3.63, 3.8) is 0 Å². The zero-order valence-electron chi connectivity index (χ0n) is 7.14. The summed E-state index contributed by atoms with van der Waals surface area (Å²) < 4.78 is 4.04. The number of nitrogens with one attached hydrogen (secondary N) is 1. The first-order chi connectivity index (χ1) is 6.57. The van der Waals surface area contributed by atoms with Crippen molar-refractivity contribution in [1.82, 2.24) is 5.32 Å². The molecular formula is C9H8Cl3NO. The van der Waals surface area contributed by atoms with Gasteiger partial charge in [-0.05, 0) is 6.07 Å². The van der Waals surface area contributed by atoms with E-state index in [1.807, 2.05) is 24.3 Å². The highest BCUT2D eigenvalue weighted by Gasteiger charge is 2.36. The van der Waals surface area contributed by atoms with Crippen molar-refractivity contribution in [1.29, 1.82) is 0 Å². The van der Waals surface area contributed by atoms with Gasteiger partial charge >= 0.3 is 0 Å². The number of fused-ring (bicyclic) bond motifs is 1. The van der Waals surface area contributed by atoms with E-state index in [-0.39, 0.29) is 0 Å². The molecule has 1 atom stereocenters. The molecule has 2 nitrogen and oxygen atoms in total. The number of ether oxygens (including phenoxy) is 1. The summed E-state index contributed by atoms with van der Waals surface area (Å²) in [5.74, 6) is 0.766. The first-order valence-electron chi connectivity index (χ1n) is 4.12. The van der Waals surface area contributed by atoms with Gasteiger partial charge in [-0.3, -0.25) is 5.32 Å². The van der Waals surface area contributed by atoms with E-state index in [1.165, 1.54) is 0 Å². The number of rotatable bonds is 0.